The Bertz CT molecular complexity index is 1170. The fraction of sp³-hybridized carbons (Fsp3) is 0.333. The lowest BCUT2D eigenvalue weighted by Crippen LogP contribution is -2.23. The highest BCUT2D eigenvalue weighted by atomic mass is 32.2. The first-order valence-electron chi connectivity index (χ1n) is 10.3. The molecule has 1 aromatic heterocycles. The second-order valence-corrected chi connectivity index (χ2v) is 10.4. The van der Waals surface area contributed by atoms with Crippen molar-refractivity contribution >= 4 is 16.0 Å². The Morgan fingerprint density at radius 1 is 1.03 bits per heavy atom. The number of hydrogen-bond donors (Lipinski definition) is 1. The molecule has 2 aromatic carbocycles. The highest BCUT2D eigenvalue weighted by Crippen LogP contribution is 2.23. The summed E-state index contributed by atoms with van der Waals surface area (Å²) >= 11 is 0. The first-order chi connectivity index (χ1) is 15.0. The Morgan fingerprint density at radius 3 is 2.19 bits per heavy atom. The Hall–Kier alpha value is -2.97. The third-order valence-corrected chi connectivity index (χ3v) is 6.63. The maximum Gasteiger partial charge on any atom is 0.338 e. The minimum atomic E-state index is -3.65. The van der Waals surface area contributed by atoms with Gasteiger partial charge in [0, 0.05) is 6.54 Å². The van der Waals surface area contributed by atoms with Gasteiger partial charge in [-0.1, -0.05) is 50.2 Å². The molecule has 0 saturated heterocycles. The van der Waals surface area contributed by atoms with Crippen LogP contribution in [-0.4, -0.2) is 19.5 Å². The number of benzene rings is 2. The van der Waals surface area contributed by atoms with Crippen LogP contribution < -0.4 is 4.72 Å². The number of aromatic nitrogens is 1. The third kappa shape index (κ3) is 5.63. The molecule has 32 heavy (non-hydrogen) atoms. The standard InChI is InChI=1S/C24H28N2O5S/c1-16-22(17(2)31-26-16)15-30-23(27)19-8-6-18(7-9-19)14-25-32(28,29)21-12-10-20(11-13-21)24(3,4)5/h6-13,25H,14-15H2,1-5H3. The van der Waals surface area contributed by atoms with E-state index in [1.165, 1.54) is 0 Å². The van der Waals surface area contributed by atoms with Crippen LogP contribution in [0.3, 0.4) is 0 Å². The molecule has 1 N–H and O–H groups in total. The van der Waals surface area contributed by atoms with E-state index < -0.39 is 16.0 Å². The average Bonchev–Trinajstić information content (AvgIpc) is 3.08. The zero-order valence-corrected chi connectivity index (χ0v) is 19.7. The molecule has 0 aliphatic rings. The number of esters is 1. The van der Waals surface area contributed by atoms with Gasteiger partial charge in [-0.15, -0.1) is 0 Å². The van der Waals surface area contributed by atoms with E-state index in [-0.39, 0.29) is 23.5 Å². The van der Waals surface area contributed by atoms with Crippen molar-refractivity contribution in [2.45, 2.75) is 58.1 Å². The van der Waals surface area contributed by atoms with Crippen molar-refractivity contribution in [3.8, 4) is 0 Å². The molecule has 170 valence electrons. The molecule has 0 unspecified atom stereocenters. The van der Waals surface area contributed by atoms with Crippen molar-refractivity contribution in [3.05, 3.63) is 82.2 Å². The summed E-state index contributed by atoms with van der Waals surface area (Å²) in [5.41, 5.74) is 3.55. The second kappa shape index (κ2) is 9.26. The molecule has 1 heterocycles. The molecule has 0 atom stereocenters. The summed E-state index contributed by atoms with van der Waals surface area (Å²) in [5, 5.41) is 3.83. The fourth-order valence-electron chi connectivity index (χ4n) is 3.08. The molecule has 8 heteroatoms. The third-order valence-electron chi connectivity index (χ3n) is 5.22. The lowest BCUT2D eigenvalue weighted by atomic mass is 9.87. The number of nitrogens with zero attached hydrogens (tertiary/aromatic N) is 1. The van der Waals surface area contributed by atoms with E-state index in [1.807, 2.05) is 12.1 Å². The summed E-state index contributed by atoms with van der Waals surface area (Å²) in [6.45, 7) is 9.96. The van der Waals surface area contributed by atoms with E-state index in [0.717, 1.165) is 16.7 Å². The van der Waals surface area contributed by atoms with Crippen LogP contribution >= 0.6 is 0 Å². The van der Waals surface area contributed by atoms with Crippen molar-refractivity contribution < 1.29 is 22.5 Å². The highest BCUT2D eigenvalue weighted by molar-refractivity contribution is 7.89. The minimum absolute atomic E-state index is 0.0499. The first kappa shape index (κ1) is 23.7. The predicted octanol–water partition coefficient (Wildman–Crippen LogP) is 4.42. The van der Waals surface area contributed by atoms with Crippen molar-refractivity contribution in [3.63, 3.8) is 0 Å². The van der Waals surface area contributed by atoms with E-state index in [4.69, 9.17) is 9.26 Å². The van der Waals surface area contributed by atoms with Crippen LogP contribution in [0.2, 0.25) is 0 Å². The predicted molar refractivity (Wildman–Crippen MR) is 121 cm³/mol. The molecule has 0 radical (unpaired) electrons. The number of sulfonamides is 1. The molecule has 0 fully saturated rings. The van der Waals surface area contributed by atoms with Crippen LogP contribution in [-0.2, 0) is 33.3 Å². The van der Waals surface area contributed by atoms with Gasteiger partial charge in [-0.2, -0.15) is 0 Å². The molecule has 0 aliphatic heterocycles. The average molecular weight is 457 g/mol. The van der Waals surface area contributed by atoms with E-state index in [0.29, 0.717) is 17.0 Å². The summed E-state index contributed by atoms with van der Waals surface area (Å²) in [4.78, 5) is 12.5. The maximum absolute atomic E-state index is 12.6. The van der Waals surface area contributed by atoms with Gasteiger partial charge in [0.1, 0.15) is 12.4 Å². The number of hydrogen-bond acceptors (Lipinski definition) is 6. The topological polar surface area (TPSA) is 98.5 Å². The van der Waals surface area contributed by atoms with Gasteiger partial charge >= 0.3 is 5.97 Å². The number of rotatable bonds is 7. The molecule has 0 spiro atoms. The lowest BCUT2D eigenvalue weighted by Gasteiger charge is -2.19. The summed E-state index contributed by atoms with van der Waals surface area (Å²) in [6, 6.07) is 13.5. The smallest absolute Gasteiger partial charge is 0.338 e. The van der Waals surface area contributed by atoms with Gasteiger partial charge < -0.3 is 9.26 Å². The van der Waals surface area contributed by atoms with Gasteiger partial charge in [0.05, 0.1) is 21.7 Å². The Kier molecular flexibility index (Phi) is 6.85. The van der Waals surface area contributed by atoms with Crippen LogP contribution in [0.15, 0.2) is 57.9 Å². The summed E-state index contributed by atoms with van der Waals surface area (Å²) in [6.07, 6.45) is 0. The van der Waals surface area contributed by atoms with Crippen molar-refractivity contribution in [1.82, 2.24) is 9.88 Å². The molecule has 0 bridgehead atoms. The molecule has 0 amide bonds. The van der Waals surface area contributed by atoms with E-state index in [2.05, 4.69) is 30.6 Å². The highest BCUT2D eigenvalue weighted by Gasteiger charge is 2.18. The van der Waals surface area contributed by atoms with E-state index >= 15 is 0 Å². The molecular formula is C24H28N2O5S. The molecule has 3 aromatic rings. The molecule has 0 aliphatic carbocycles. The van der Waals surface area contributed by atoms with E-state index in [9.17, 15) is 13.2 Å². The monoisotopic (exact) mass is 456 g/mol. The van der Waals surface area contributed by atoms with Gasteiger partial charge in [-0.3, -0.25) is 0 Å². The van der Waals surface area contributed by atoms with Gasteiger partial charge in [-0.05, 0) is 54.7 Å². The number of nitrogens with one attached hydrogen (secondary N) is 1. The van der Waals surface area contributed by atoms with Crippen molar-refractivity contribution in [2.24, 2.45) is 0 Å². The number of carbonyl (C=O) groups excluding carboxylic acids is 1. The zero-order valence-electron chi connectivity index (χ0n) is 18.9. The van der Waals surface area contributed by atoms with Gasteiger partial charge in [0.15, 0.2) is 0 Å². The molecular weight excluding hydrogens is 428 g/mol. The number of aryl methyl sites for hydroxylation is 2. The van der Waals surface area contributed by atoms with Gasteiger partial charge in [-0.25, -0.2) is 17.9 Å². The quantitative estimate of drug-likeness (QED) is 0.528. The second-order valence-electron chi connectivity index (χ2n) is 8.67. The SMILES string of the molecule is Cc1noc(C)c1COC(=O)c1ccc(CNS(=O)(=O)c2ccc(C(C)(C)C)cc2)cc1. The fourth-order valence-corrected chi connectivity index (χ4v) is 4.10. The minimum Gasteiger partial charge on any atom is -0.457 e. The van der Waals surface area contributed by atoms with Crippen molar-refractivity contribution in [1.29, 1.82) is 0 Å². The van der Waals surface area contributed by atoms with Crippen LogP contribution in [0.4, 0.5) is 0 Å². The maximum atomic E-state index is 12.6. The van der Waals surface area contributed by atoms with Crippen LogP contribution in [0.1, 0.15) is 59.3 Å². The van der Waals surface area contributed by atoms with Gasteiger partial charge in [0.2, 0.25) is 10.0 Å². The van der Waals surface area contributed by atoms with Gasteiger partial charge in [0.25, 0.3) is 0 Å². The van der Waals surface area contributed by atoms with Crippen LogP contribution in [0.25, 0.3) is 0 Å². The summed E-state index contributed by atoms with van der Waals surface area (Å²) in [5.74, 6) is 0.141. The number of ether oxygens (including phenoxy) is 1. The largest absolute Gasteiger partial charge is 0.457 e. The first-order valence-corrected chi connectivity index (χ1v) is 11.7. The summed E-state index contributed by atoms with van der Waals surface area (Å²) < 4.78 is 38.2. The van der Waals surface area contributed by atoms with Crippen LogP contribution in [0.5, 0.6) is 0 Å². The Morgan fingerprint density at radius 2 is 1.66 bits per heavy atom. The summed E-state index contributed by atoms with van der Waals surface area (Å²) in [7, 11) is -3.65. The zero-order chi connectivity index (χ0) is 23.5. The lowest BCUT2D eigenvalue weighted by molar-refractivity contribution is 0.0471. The normalized spacial score (nSPS) is 12.0. The Balaban J connectivity index is 1.58. The van der Waals surface area contributed by atoms with Crippen molar-refractivity contribution in [2.75, 3.05) is 0 Å². The van der Waals surface area contributed by atoms with E-state index in [1.54, 1.807) is 50.2 Å². The number of carbonyl (C=O) groups is 1. The molecule has 7 nitrogen and oxygen atoms in total. The van der Waals surface area contributed by atoms with Crippen LogP contribution in [0, 0.1) is 13.8 Å². The molecule has 0 saturated carbocycles. The Labute approximate surface area is 188 Å². The molecule has 3 rings (SSSR count).